The number of alkyl halides is 3. The molecule has 0 spiro atoms. The molecular formula is C15H16ClF3N4O. The second kappa shape index (κ2) is 7.57. The van der Waals surface area contributed by atoms with Crippen LogP contribution in [0.25, 0.3) is 0 Å². The van der Waals surface area contributed by atoms with Gasteiger partial charge >= 0.3 is 12.2 Å². The minimum atomic E-state index is -4.45. The van der Waals surface area contributed by atoms with Crippen LogP contribution in [0.2, 0.25) is 5.02 Å². The number of urea groups is 1. The highest BCUT2D eigenvalue weighted by Gasteiger charge is 2.33. The molecule has 24 heavy (non-hydrogen) atoms. The van der Waals surface area contributed by atoms with Gasteiger partial charge in [0.05, 0.1) is 0 Å². The van der Waals surface area contributed by atoms with Crippen molar-refractivity contribution in [3.8, 4) is 0 Å². The van der Waals surface area contributed by atoms with E-state index in [9.17, 15) is 18.0 Å². The Hall–Kier alpha value is -2.22. The highest BCUT2D eigenvalue weighted by atomic mass is 35.5. The molecule has 0 radical (unpaired) electrons. The molecule has 9 heteroatoms. The Kier molecular flexibility index (Phi) is 5.71. The fourth-order valence-corrected chi connectivity index (χ4v) is 2.10. The molecule has 2 aromatic rings. The van der Waals surface area contributed by atoms with Crippen molar-refractivity contribution >= 4 is 23.3 Å². The fourth-order valence-electron chi connectivity index (χ4n) is 1.97. The van der Waals surface area contributed by atoms with E-state index in [1.54, 1.807) is 31.2 Å². The van der Waals surface area contributed by atoms with E-state index < -0.39 is 17.9 Å². The molecule has 130 valence electrons. The van der Waals surface area contributed by atoms with Crippen molar-refractivity contribution in [2.24, 2.45) is 5.92 Å². The molecule has 1 atom stereocenters. The second-order valence-electron chi connectivity index (χ2n) is 5.37. The molecule has 0 aliphatic heterocycles. The van der Waals surface area contributed by atoms with Gasteiger partial charge in [-0.05, 0) is 36.2 Å². The maximum Gasteiger partial charge on any atom is 0.435 e. The summed E-state index contributed by atoms with van der Waals surface area (Å²) in [6, 6.07) is 7.14. The van der Waals surface area contributed by atoms with Gasteiger partial charge in [-0.3, -0.25) is 4.68 Å². The van der Waals surface area contributed by atoms with Crippen molar-refractivity contribution in [2.45, 2.75) is 19.6 Å². The maximum atomic E-state index is 12.5. The predicted octanol–water partition coefficient (Wildman–Crippen LogP) is 4.01. The summed E-state index contributed by atoms with van der Waals surface area (Å²) < 4.78 is 38.6. The van der Waals surface area contributed by atoms with Crippen molar-refractivity contribution < 1.29 is 18.0 Å². The van der Waals surface area contributed by atoms with Gasteiger partial charge in [0.25, 0.3) is 0 Å². The SMILES string of the molecule is C[C@@H](CNC(=O)Nc1ccc(Cl)cc1)Cn1ccc(C(F)(F)F)n1. The van der Waals surface area contributed by atoms with E-state index >= 15 is 0 Å². The Labute approximate surface area is 141 Å². The molecule has 1 aromatic heterocycles. The first-order valence-electron chi connectivity index (χ1n) is 7.15. The number of carbonyl (C=O) groups excluding carboxylic acids is 1. The molecule has 0 aliphatic carbocycles. The van der Waals surface area contributed by atoms with Gasteiger partial charge < -0.3 is 10.6 Å². The Morgan fingerprint density at radius 3 is 2.54 bits per heavy atom. The third-order valence-corrected chi connectivity index (χ3v) is 3.39. The number of amides is 2. The lowest BCUT2D eigenvalue weighted by Gasteiger charge is -2.13. The monoisotopic (exact) mass is 360 g/mol. The lowest BCUT2D eigenvalue weighted by atomic mass is 10.2. The zero-order valence-electron chi connectivity index (χ0n) is 12.8. The average molecular weight is 361 g/mol. The third kappa shape index (κ3) is 5.45. The number of anilines is 1. The smallest absolute Gasteiger partial charge is 0.338 e. The Morgan fingerprint density at radius 2 is 1.96 bits per heavy atom. The van der Waals surface area contributed by atoms with Gasteiger partial charge in [-0.15, -0.1) is 0 Å². The van der Waals surface area contributed by atoms with E-state index in [1.807, 2.05) is 0 Å². The molecule has 2 rings (SSSR count). The summed E-state index contributed by atoms with van der Waals surface area (Å²) in [5.74, 6) is -0.0954. The van der Waals surface area contributed by atoms with Crippen LogP contribution in [0, 0.1) is 5.92 Å². The molecule has 0 saturated carbocycles. The highest BCUT2D eigenvalue weighted by Crippen LogP contribution is 2.27. The van der Waals surface area contributed by atoms with Crippen LogP contribution in [0.15, 0.2) is 36.5 Å². The minimum absolute atomic E-state index is 0.0954. The number of rotatable bonds is 5. The van der Waals surface area contributed by atoms with E-state index in [4.69, 9.17) is 11.6 Å². The highest BCUT2D eigenvalue weighted by molar-refractivity contribution is 6.30. The summed E-state index contributed by atoms with van der Waals surface area (Å²) in [7, 11) is 0. The van der Waals surface area contributed by atoms with E-state index in [1.165, 1.54) is 10.9 Å². The van der Waals surface area contributed by atoms with Gasteiger partial charge in [0.2, 0.25) is 0 Å². The topological polar surface area (TPSA) is 59.0 Å². The van der Waals surface area contributed by atoms with Crippen molar-refractivity contribution in [2.75, 3.05) is 11.9 Å². The van der Waals surface area contributed by atoms with E-state index in [2.05, 4.69) is 15.7 Å². The maximum absolute atomic E-state index is 12.5. The first-order valence-corrected chi connectivity index (χ1v) is 7.53. The molecule has 0 fully saturated rings. The number of hydrogen-bond donors (Lipinski definition) is 2. The number of carbonyl (C=O) groups is 1. The normalized spacial score (nSPS) is 12.7. The van der Waals surface area contributed by atoms with E-state index in [-0.39, 0.29) is 12.5 Å². The van der Waals surface area contributed by atoms with Crippen molar-refractivity contribution in [3.63, 3.8) is 0 Å². The van der Waals surface area contributed by atoms with Gasteiger partial charge in [0.15, 0.2) is 5.69 Å². The molecule has 2 N–H and O–H groups in total. The first-order chi connectivity index (χ1) is 11.2. The summed E-state index contributed by atoms with van der Waals surface area (Å²) in [5.41, 5.74) is -0.338. The predicted molar refractivity (Wildman–Crippen MR) is 84.9 cm³/mol. The van der Waals surface area contributed by atoms with Crippen LogP contribution >= 0.6 is 11.6 Å². The van der Waals surface area contributed by atoms with Gasteiger partial charge in [-0.25, -0.2) is 4.79 Å². The van der Waals surface area contributed by atoms with Crippen LogP contribution in [0.3, 0.4) is 0 Å². The first kappa shape index (κ1) is 18.1. The Balaban J connectivity index is 1.78. The standard InChI is InChI=1S/C15H16ClF3N4O/c1-10(9-23-7-6-13(22-23)15(17,18)19)8-20-14(24)21-12-4-2-11(16)3-5-12/h2-7,10H,8-9H2,1H3,(H2,20,21,24)/t10-/m0/s1. The summed E-state index contributed by atoms with van der Waals surface area (Å²) in [5, 5.41) is 9.33. The molecular weight excluding hydrogens is 345 g/mol. The molecule has 1 aromatic carbocycles. The third-order valence-electron chi connectivity index (χ3n) is 3.14. The van der Waals surface area contributed by atoms with Crippen LogP contribution in [0.4, 0.5) is 23.7 Å². The molecule has 1 heterocycles. The number of aromatic nitrogens is 2. The van der Waals surface area contributed by atoms with Gasteiger partial charge in [-0.2, -0.15) is 18.3 Å². The largest absolute Gasteiger partial charge is 0.435 e. The molecule has 5 nitrogen and oxygen atoms in total. The van der Waals surface area contributed by atoms with E-state index in [0.29, 0.717) is 17.3 Å². The zero-order chi connectivity index (χ0) is 17.7. The number of hydrogen-bond acceptors (Lipinski definition) is 2. The lowest BCUT2D eigenvalue weighted by Crippen LogP contribution is -2.33. The van der Waals surface area contributed by atoms with Gasteiger partial charge in [0, 0.05) is 30.0 Å². The average Bonchev–Trinajstić information content (AvgIpc) is 2.96. The number of halogens is 4. The lowest BCUT2D eigenvalue weighted by molar-refractivity contribution is -0.141. The molecule has 0 unspecified atom stereocenters. The Bertz CT molecular complexity index is 685. The van der Waals surface area contributed by atoms with Crippen LogP contribution in [0.1, 0.15) is 12.6 Å². The van der Waals surface area contributed by atoms with Crippen LogP contribution < -0.4 is 10.6 Å². The summed E-state index contributed by atoms with van der Waals surface area (Å²) >= 11 is 5.75. The minimum Gasteiger partial charge on any atom is -0.338 e. The molecule has 2 amide bonds. The van der Waals surface area contributed by atoms with Crippen LogP contribution in [-0.2, 0) is 12.7 Å². The number of benzene rings is 1. The van der Waals surface area contributed by atoms with Crippen molar-refractivity contribution in [1.82, 2.24) is 15.1 Å². The summed E-state index contributed by atoms with van der Waals surface area (Å²) in [6.45, 7) is 2.36. The number of nitrogens with one attached hydrogen (secondary N) is 2. The molecule has 0 aliphatic rings. The van der Waals surface area contributed by atoms with Crippen molar-refractivity contribution in [3.05, 3.63) is 47.2 Å². The van der Waals surface area contributed by atoms with Gasteiger partial charge in [-0.1, -0.05) is 18.5 Å². The molecule has 0 bridgehead atoms. The summed E-state index contributed by atoms with van der Waals surface area (Å²) in [6.07, 6.45) is -3.18. The van der Waals surface area contributed by atoms with Crippen LogP contribution in [0.5, 0.6) is 0 Å². The molecule has 0 saturated heterocycles. The fraction of sp³-hybridized carbons (Fsp3) is 0.333. The quantitative estimate of drug-likeness (QED) is 0.846. The Morgan fingerprint density at radius 1 is 1.29 bits per heavy atom. The van der Waals surface area contributed by atoms with Crippen molar-refractivity contribution in [1.29, 1.82) is 0 Å². The second-order valence-corrected chi connectivity index (χ2v) is 5.80. The summed E-state index contributed by atoms with van der Waals surface area (Å²) in [4.78, 5) is 11.8. The zero-order valence-corrected chi connectivity index (χ0v) is 13.5. The van der Waals surface area contributed by atoms with E-state index in [0.717, 1.165) is 6.07 Å². The van der Waals surface area contributed by atoms with Crippen LogP contribution in [-0.4, -0.2) is 22.4 Å². The van der Waals surface area contributed by atoms with Gasteiger partial charge in [0.1, 0.15) is 0 Å². The number of nitrogens with zero attached hydrogens (tertiary/aromatic N) is 2.